The molecule has 3 aromatic carbocycles. The van der Waals surface area contributed by atoms with E-state index in [2.05, 4.69) is 5.32 Å². The third-order valence-corrected chi connectivity index (χ3v) is 4.20. The van der Waals surface area contributed by atoms with Crippen LogP contribution in [0.3, 0.4) is 0 Å². The summed E-state index contributed by atoms with van der Waals surface area (Å²) in [5.74, 6) is 0.300. The van der Waals surface area contributed by atoms with Crippen molar-refractivity contribution in [2.45, 2.75) is 13.0 Å². The lowest BCUT2D eigenvalue weighted by atomic mass is 10.0. The first-order chi connectivity index (χ1) is 13.1. The quantitative estimate of drug-likeness (QED) is 0.644. The molecule has 4 nitrogen and oxygen atoms in total. The van der Waals surface area contributed by atoms with Gasteiger partial charge in [-0.15, -0.1) is 0 Å². The fourth-order valence-electron chi connectivity index (χ4n) is 2.72. The van der Waals surface area contributed by atoms with E-state index >= 15 is 0 Å². The van der Waals surface area contributed by atoms with E-state index in [1.54, 1.807) is 36.4 Å². The van der Waals surface area contributed by atoms with E-state index in [9.17, 15) is 9.59 Å². The van der Waals surface area contributed by atoms with Crippen LogP contribution < -0.4 is 10.1 Å². The van der Waals surface area contributed by atoms with Crippen LogP contribution in [0.15, 0.2) is 84.9 Å². The van der Waals surface area contributed by atoms with Gasteiger partial charge in [0.25, 0.3) is 5.91 Å². The molecule has 1 N–H and O–H groups in total. The average Bonchev–Trinajstić information content (AvgIpc) is 2.73. The summed E-state index contributed by atoms with van der Waals surface area (Å²) in [6.07, 6.45) is 0. The zero-order valence-electron chi connectivity index (χ0n) is 15.1. The standard InChI is InChI=1S/C23H21NO3/c1-17(18-8-4-2-5-9-18)24-22(25)16-27-21-14-12-20(13-15-21)23(26)19-10-6-3-7-11-19/h2-15,17H,16H2,1H3,(H,24,25)/t17-/m0/s1. The molecule has 3 rings (SSSR count). The van der Waals surface area contributed by atoms with Crippen LogP contribution in [-0.4, -0.2) is 18.3 Å². The summed E-state index contributed by atoms with van der Waals surface area (Å²) in [6.45, 7) is 1.85. The van der Waals surface area contributed by atoms with Crippen molar-refractivity contribution in [3.8, 4) is 5.75 Å². The number of hydrogen-bond acceptors (Lipinski definition) is 3. The van der Waals surface area contributed by atoms with Gasteiger partial charge in [0.05, 0.1) is 6.04 Å². The minimum atomic E-state index is -0.198. The van der Waals surface area contributed by atoms with Gasteiger partial charge in [-0.3, -0.25) is 9.59 Å². The Morgan fingerprint density at radius 2 is 1.37 bits per heavy atom. The Balaban J connectivity index is 1.53. The van der Waals surface area contributed by atoms with Gasteiger partial charge in [-0.2, -0.15) is 0 Å². The highest BCUT2D eigenvalue weighted by Crippen LogP contribution is 2.16. The molecule has 0 saturated carbocycles. The summed E-state index contributed by atoms with van der Waals surface area (Å²) in [6, 6.07) is 25.6. The summed E-state index contributed by atoms with van der Waals surface area (Å²) in [5, 5.41) is 2.90. The first kappa shape index (κ1) is 18.4. The molecule has 0 spiro atoms. The maximum absolute atomic E-state index is 12.4. The molecular formula is C23H21NO3. The summed E-state index contributed by atoms with van der Waals surface area (Å²) in [4.78, 5) is 24.4. The van der Waals surface area contributed by atoms with Crippen molar-refractivity contribution >= 4 is 11.7 Å². The number of ketones is 1. The SMILES string of the molecule is C[C@H](NC(=O)COc1ccc(C(=O)c2ccccc2)cc1)c1ccccc1. The van der Waals surface area contributed by atoms with Crippen molar-refractivity contribution in [1.29, 1.82) is 0 Å². The molecule has 4 heteroatoms. The van der Waals surface area contributed by atoms with Crippen molar-refractivity contribution in [2.24, 2.45) is 0 Å². The van der Waals surface area contributed by atoms with Crippen LogP contribution in [0.5, 0.6) is 5.75 Å². The number of rotatable bonds is 7. The molecule has 0 saturated heterocycles. The summed E-state index contributed by atoms with van der Waals surface area (Å²) >= 11 is 0. The molecule has 0 aliphatic rings. The molecule has 0 unspecified atom stereocenters. The second-order valence-corrected chi connectivity index (χ2v) is 6.21. The fraction of sp³-hybridized carbons (Fsp3) is 0.130. The predicted molar refractivity (Wildman–Crippen MR) is 105 cm³/mol. The maximum atomic E-state index is 12.4. The number of carbonyl (C=O) groups is 2. The summed E-state index contributed by atoms with van der Waals surface area (Å²) in [5.41, 5.74) is 2.26. The Morgan fingerprint density at radius 3 is 2.00 bits per heavy atom. The van der Waals surface area contributed by atoms with Gasteiger partial charge in [0.2, 0.25) is 0 Å². The molecule has 0 fully saturated rings. The average molecular weight is 359 g/mol. The Hall–Kier alpha value is -3.40. The minimum absolute atomic E-state index is 0.0448. The van der Waals surface area contributed by atoms with Gasteiger partial charge < -0.3 is 10.1 Å². The number of benzene rings is 3. The van der Waals surface area contributed by atoms with Gasteiger partial charge in [0.1, 0.15) is 5.75 Å². The van der Waals surface area contributed by atoms with E-state index < -0.39 is 0 Å². The first-order valence-electron chi connectivity index (χ1n) is 8.80. The zero-order valence-corrected chi connectivity index (χ0v) is 15.1. The topological polar surface area (TPSA) is 55.4 Å². The van der Waals surface area contributed by atoms with E-state index in [0.717, 1.165) is 5.56 Å². The van der Waals surface area contributed by atoms with Gasteiger partial charge in [-0.05, 0) is 36.8 Å². The predicted octanol–water partition coefficient (Wildman–Crippen LogP) is 4.17. The van der Waals surface area contributed by atoms with Gasteiger partial charge in [-0.1, -0.05) is 60.7 Å². The van der Waals surface area contributed by atoms with E-state index in [4.69, 9.17) is 4.74 Å². The smallest absolute Gasteiger partial charge is 0.258 e. The lowest BCUT2D eigenvalue weighted by Gasteiger charge is -2.14. The molecule has 0 aliphatic carbocycles. The number of amides is 1. The highest BCUT2D eigenvalue weighted by molar-refractivity contribution is 6.08. The lowest BCUT2D eigenvalue weighted by molar-refractivity contribution is -0.123. The Kier molecular flexibility index (Phi) is 6.00. The number of carbonyl (C=O) groups excluding carboxylic acids is 2. The van der Waals surface area contributed by atoms with E-state index in [0.29, 0.717) is 16.9 Å². The molecule has 1 atom stereocenters. The van der Waals surface area contributed by atoms with E-state index in [1.807, 2.05) is 55.5 Å². The molecule has 1 amide bonds. The van der Waals surface area contributed by atoms with E-state index in [-0.39, 0.29) is 24.3 Å². The van der Waals surface area contributed by atoms with Gasteiger partial charge in [-0.25, -0.2) is 0 Å². The van der Waals surface area contributed by atoms with Gasteiger partial charge >= 0.3 is 0 Å². The second-order valence-electron chi connectivity index (χ2n) is 6.21. The maximum Gasteiger partial charge on any atom is 0.258 e. The van der Waals surface area contributed by atoms with Crippen LogP contribution in [0.1, 0.15) is 34.5 Å². The Bertz CT molecular complexity index is 890. The largest absolute Gasteiger partial charge is 0.484 e. The van der Waals surface area contributed by atoms with Crippen molar-refractivity contribution in [3.05, 3.63) is 102 Å². The first-order valence-corrected chi connectivity index (χ1v) is 8.80. The highest BCUT2D eigenvalue weighted by atomic mass is 16.5. The van der Waals surface area contributed by atoms with Crippen molar-refractivity contribution in [1.82, 2.24) is 5.32 Å². The molecule has 136 valence electrons. The van der Waals surface area contributed by atoms with Crippen LogP contribution in [-0.2, 0) is 4.79 Å². The summed E-state index contributed by atoms with van der Waals surface area (Å²) in [7, 11) is 0. The molecule has 27 heavy (non-hydrogen) atoms. The minimum Gasteiger partial charge on any atom is -0.484 e. The fourth-order valence-corrected chi connectivity index (χ4v) is 2.72. The molecule has 3 aromatic rings. The second kappa shape index (κ2) is 8.81. The van der Waals surface area contributed by atoms with Gasteiger partial charge in [0, 0.05) is 11.1 Å². The molecule has 0 aliphatic heterocycles. The third-order valence-electron chi connectivity index (χ3n) is 4.20. The molecular weight excluding hydrogens is 338 g/mol. The lowest BCUT2D eigenvalue weighted by Crippen LogP contribution is -2.31. The van der Waals surface area contributed by atoms with Crippen molar-refractivity contribution in [2.75, 3.05) is 6.61 Å². The molecule has 0 aromatic heterocycles. The Morgan fingerprint density at radius 1 is 0.815 bits per heavy atom. The van der Waals surface area contributed by atoms with Crippen molar-refractivity contribution < 1.29 is 14.3 Å². The molecule has 0 bridgehead atoms. The number of nitrogens with one attached hydrogen (secondary N) is 1. The third kappa shape index (κ3) is 5.05. The number of ether oxygens (including phenoxy) is 1. The number of hydrogen-bond donors (Lipinski definition) is 1. The zero-order chi connectivity index (χ0) is 19.1. The van der Waals surface area contributed by atoms with E-state index in [1.165, 1.54) is 0 Å². The van der Waals surface area contributed by atoms with Crippen LogP contribution in [0.4, 0.5) is 0 Å². The molecule has 0 radical (unpaired) electrons. The van der Waals surface area contributed by atoms with Crippen LogP contribution >= 0.6 is 0 Å². The molecule has 0 heterocycles. The highest BCUT2D eigenvalue weighted by Gasteiger charge is 2.11. The normalized spacial score (nSPS) is 11.4. The summed E-state index contributed by atoms with van der Waals surface area (Å²) < 4.78 is 5.52. The van der Waals surface area contributed by atoms with Gasteiger partial charge in [0.15, 0.2) is 12.4 Å². The van der Waals surface area contributed by atoms with Crippen LogP contribution in [0, 0.1) is 0 Å². The van der Waals surface area contributed by atoms with Crippen molar-refractivity contribution in [3.63, 3.8) is 0 Å². The van der Waals surface area contributed by atoms with Crippen LogP contribution in [0.25, 0.3) is 0 Å². The Labute approximate surface area is 158 Å². The monoisotopic (exact) mass is 359 g/mol. The van der Waals surface area contributed by atoms with Crippen LogP contribution in [0.2, 0.25) is 0 Å².